The van der Waals surface area contributed by atoms with Gasteiger partial charge in [-0.3, -0.25) is 0 Å². The normalized spacial score (nSPS) is 17.3. The molecule has 1 aliphatic rings. The molecule has 0 atom stereocenters. The third kappa shape index (κ3) is 3.81. The number of hydrogen-bond donors (Lipinski definition) is 1. The first kappa shape index (κ1) is 11.9. The summed E-state index contributed by atoms with van der Waals surface area (Å²) in [5.74, 6) is 5.26. The van der Waals surface area contributed by atoms with E-state index in [4.69, 9.17) is 5.84 Å². The smallest absolute Gasteiger partial charge is 0.0413 e. The lowest BCUT2D eigenvalue weighted by Crippen LogP contribution is -2.11. The highest BCUT2D eigenvalue weighted by Crippen LogP contribution is 2.11. The zero-order valence-electron chi connectivity index (χ0n) is 9.66. The summed E-state index contributed by atoms with van der Waals surface area (Å²) in [5.41, 5.74) is 3.45. The Hall–Kier alpha value is -1.19. The number of hydrogen-bond acceptors (Lipinski definition) is 4. The van der Waals surface area contributed by atoms with Crippen molar-refractivity contribution in [3.05, 3.63) is 0 Å². The van der Waals surface area contributed by atoms with Crippen LogP contribution in [0.15, 0.2) is 15.3 Å². The predicted molar refractivity (Wildman–Crippen MR) is 65.5 cm³/mol. The fraction of sp³-hybridized carbons (Fsp3) is 0.727. The van der Waals surface area contributed by atoms with Crippen LogP contribution in [-0.4, -0.2) is 17.1 Å². The van der Waals surface area contributed by atoms with Crippen molar-refractivity contribution in [3.8, 4) is 0 Å². The van der Waals surface area contributed by atoms with E-state index in [2.05, 4.69) is 29.2 Å². The van der Waals surface area contributed by atoms with Crippen molar-refractivity contribution in [1.29, 1.82) is 0 Å². The molecule has 84 valence electrons. The molecule has 2 N–H and O–H groups in total. The van der Waals surface area contributed by atoms with Crippen LogP contribution >= 0.6 is 0 Å². The molecule has 0 aliphatic carbocycles. The minimum atomic E-state index is 0.919. The number of nitrogens with zero attached hydrogens (tertiary/aromatic N) is 3. The van der Waals surface area contributed by atoms with Gasteiger partial charge in [0.15, 0.2) is 0 Å². The zero-order valence-corrected chi connectivity index (χ0v) is 9.66. The van der Waals surface area contributed by atoms with E-state index in [-0.39, 0.29) is 0 Å². The third-order valence-corrected chi connectivity index (χ3v) is 2.74. The molecule has 0 aromatic carbocycles. The Morgan fingerprint density at radius 1 is 1.27 bits per heavy atom. The summed E-state index contributed by atoms with van der Waals surface area (Å²) >= 11 is 0. The Morgan fingerprint density at radius 2 is 1.93 bits per heavy atom. The van der Waals surface area contributed by atoms with E-state index in [0.717, 1.165) is 44.2 Å². The quantitative estimate of drug-likeness (QED) is 0.421. The van der Waals surface area contributed by atoms with Crippen molar-refractivity contribution in [2.75, 3.05) is 0 Å². The summed E-state index contributed by atoms with van der Waals surface area (Å²) < 4.78 is 0. The van der Waals surface area contributed by atoms with Gasteiger partial charge in [0.25, 0.3) is 0 Å². The molecule has 0 aromatic rings. The number of nitrogens with two attached hydrogens (primary N) is 1. The zero-order chi connectivity index (χ0) is 11.1. The van der Waals surface area contributed by atoms with Gasteiger partial charge in [0.1, 0.15) is 0 Å². The topological polar surface area (TPSA) is 63.1 Å². The lowest BCUT2D eigenvalue weighted by atomic mass is 10.0. The van der Waals surface area contributed by atoms with Gasteiger partial charge < -0.3 is 5.84 Å². The van der Waals surface area contributed by atoms with Crippen molar-refractivity contribution in [1.82, 2.24) is 0 Å². The van der Waals surface area contributed by atoms with E-state index < -0.39 is 0 Å². The minimum absolute atomic E-state index is 0.919. The van der Waals surface area contributed by atoms with Gasteiger partial charge >= 0.3 is 0 Å². The highest BCUT2D eigenvalue weighted by Gasteiger charge is 2.09. The summed E-state index contributed by atoms with van der Waals surface area (Å²) in [6.07, 6.45) is 5.92. The van der Waals surface area contributed by atoms with E-state index in [0.29, 0.717) is 0 Å². The molecular weight excluding hydrogens is 188 g/mol. The van der Waals surface area contributed by atoms with Crippen LogP contribution in [0.5, 0.6) is 0 Å². The van der Waals surface area contributed by atoms with Crippen molar-refractivity contribution >= 4 is 17.1 Å². The van der Waals surface area contributed by atoms with Gasteiger partial charge in [-0.25, -0.2) is 0 Å². The van der Waals surface area contributed by atoms with Gasteiger partial charge in [-0.05, 0) is 38.5 Å². The molecule has 0 saturated heterocycles. The highest BCUT2D eigenvalue weighted by atomic mass is 15.2. The molecule has 4 heteroatoms. The Balaban J connectivity index is 2.41. The fourth-order valence-electron chi connectivity index (χ4n) is 1.57. The lowest BCUT2D eigenvalue weighted by Gasteiger charge is -2.10. The van der Waals surface area contributed by atoms with E-state index in [1.807, 2.05) is 0 Å². The molecule has 15 heavy (non-hydrogen) atoms. The second-order valence-electron chi connectivity index (χ2n) is 3.73. The van der Waals surface area contributed by atoms with Crippen LogP contribution < -0.4 is 5.84 Å². The Morgan fingerprint density at radius 3 is 2.40 bits per heavy atom. The third-order valence-electron chi connectivity index (χ3n) is 2.74. The molecule has 4 nitrogen and oxygen atoms in total. The molecule has 0 saturated carbocycles. The lowest BCUT2D eigenvalue weighted by molar-refractivity contribution is 0.938. The van der Waals surface area contributed by atoms with Gasteiger partial charge in [0.05, 0.1) is 0 Å². The van der Waals surface area contributed by atoms with Crippen molar-refractivity contribution in [2.24, 2.45) is 21.1 Å². The summed E-state index contributed by atoms with van der Waals surface area (Å²) in [6.45, 7) is 4.19. The maximum Gasteiger partial charge on any atom is 0.0413 e. The Bertz CT molecular complexity index is 289. The average Bonchev–Trinajstić information content (AvgIpc) is 2.31. The molecule has 1 rings (SSSR count). The van der Waals surface area contributed by atoms with E-state index >= 15 is 0 Å². The van der Waals surface area contributed by atoms with Gasteiger partial charge in [0, 0.05) is 17.1 Å². The molecular formula is C11H20N4. The molecule has 0 spiro atoms. The monoisotopic (exact) mass is 208 g/mol. The maximum absolute atomic E-state index is 5.26. The predicted octanol–water partition coefficient (Wildman–Crippen LogP) is 2.49. The number of hydrazone groups is 1. The minimum Gasteiger partial charge on any atom is -0.323 e. The van der Waals surface area contributed by atoms with Gasteiger partial charge in [-0.2, -0.15) is 15.3 Å². The van der Waals surface area contributed by atoms with Crippen LogP contribution in [0.3, 0.4) is 0 Å². The molecule has 0 aromatic heterocycles. The molecule has 0 unspecified atom stereocenters. The van der Waals surface area contributed by atoms with Crippen LogP contribution in [0.2, 0.25) is 0 Å². The van der Waals surface area contributed by atoms with E-state index in [1.54, 1.807) is 0 Å². The summed E-state index contributed by atoms with van der Waals surface area (Å²) in [6, 6.07) is 0. The van der Waals surface area contributed by atoms with Gasteiger partial charge in [-0.15, -0.1) is 0 Å². The largest absolute Gasteiger partial charge is 0.323 e. The highest BCUT2D eigenvalue weighted by molar-refractivity contribution is 5.96. The molecule has 0 amide bonds. The van der Waals surface area contributed by atoms with Gasteiger partial charge in [0.2, 0.25) is 0 Å². The Labute approximate surface area is 91.3 Å². The van der Waals surface area contributed by atoms with Crippen LogP contribution in [0, 0.1) is 0 Å². The van der Waals surface area contributed by atoms with Crippen LogP contribution in [0.1, 0.15) is 52.4 Å². The first-order valence-corrected chi connectivity index (χ1v) is 5.66. The summed E-state index contributed by atoms with van der Waals surface area (Å²) in [4.78, 5) is 0. The first-order chi connectivity index (χ1) is 7.30. The maximum atomic E-state index is 5.26. The Kier molecular flexibility index (Phi) is 5.01. The van der Waals surface area contributed by atoms with E-state index in [9.17, 15) is 0 Å². The SMILES string of the molecule is CCC1=NN=C(CC/C(CC)=N\N)CC1. The molecule has 1 aliphatic heterocycles. The molecule has 0 bridgehead atoms. The molecule has 0 fully saturated rings. The van der Waals surface area contributed by atoms with Gasteiger partial charge in [-0.1, -0.05) is 13.8 Å². The van der Waals surface area contributed by atoms with Crippen LogP contribution in [-0.2, 0) is 0 Å². The second-order valence-corrected chi connectivity index (χ2v) is 3.73. The van der Waals surface area contributed by atoms with Crippen LogP contribution in [0.25, 0.3) is 0 Å². The standard InChI is InChI=1S/C11H20N4/c1-3-9(13-12)5-7-11-8-6-10(4-2)14-15-11/h3-8,12H2,1-2H3/b13-9-. The van der Waals surface area contributed by atoms with E-state index in [1.165, 1.54) is 11.4 Å². The molecule has 0 radical (unpaired) electrons. The average molecular weight is 208 g/mol. The van der Waals surface area contributed by atoms with Crippen molar-refractivity contribution in [2.45, 2.75) is 52.4 Å². The van der Waals surface area contributed by atoms with Crippen molar-refractivity contribution in [3.63, 3.8) is 0 Å². The molecule has 1 heterocycles. The summed E-state index contributed by atoms with van der Waals surface area (Å²) in [5, 5.41) is 12.2. The second kappa shape index (κ2) is 6.32. The fourth-order valence-corrected chi connectivity index (χ4v) is 1.57. The van der Waals surface area contributed by atoms with Crippen LogP contribution in [0.4, 0.5) is 0 Å². The summed E-state index contributed by atoms with van der Waals surface area (Å²) in [7, 11) is 0. The number of rotatable bonds is 5. The first-order valence-electron chi connectivity index (χ1n) is 5.66. The van der Waals surface area contributed by atoms with Crippen molar-refractivity contribution < 1.29 is 0 Å².